The van der Waals surface area contributed by atoms with Gasteiger partial charge in [0.2, 0.25) is 0 Å². The van der Waals surface area contributed by atoms with Crippen molar-refractivity contribution in [3.8, 4) is 5.75 Å². The predicted octanol–water partition coefficient (Wildman–Crippen LogP) is 3.56. The molecule has 4 aromatic rings. The Morgan fingerprint density at radius 2 is 1.18 bits per heavy atom. The van der Waals surface area contributed by atoms with Crippen molar-refractivity contribution in [3.63, 3.8) is 0 Å². The Bertz CT molecular complexity index is 1230. The van der Waals surface area contributed by atoms with E-state index in [1.54, 1.807) is 14.0 Å². The van der Waals surface area contributed by atoms with Crippen molar-refractivity contribution < 1.29 is 19.1 Å². The molecule has 0 aliphatic rings. The standard InChI is InChI=1S/C14H18NO4.3C6H5.Sn/c1-4-19-14(17)13(15-10(2)16)9-11-5-7-12(18-3)8-6-11;3*1-2-4-6-5-3-1;/h5-9,13H,4H2,1-3H3,(H,15,16);3*1-5H;. The molecule has 5 nitrogen and oxygen atoms in total. The molecule has 2 unspecified atom stereocenters. The van der Waals surface area contributed by atoms with E-state index in [4.69, 9.17) is 9.47 Å². The number of rotatable bonds is 10. The molecule has 0 aliphatic heterocycles. The number of carbonyl (C=O) groups is 2. The summed E-state index contributed by atoms with van der Waals surface area (Å²) in [6.07, 6.45) is 0. The quantitative estimate of drug-likeness (QED) is 0.220. The zero-order valence-corrected chi connectivity index (χ0v) is 24.8. The molecule has 0 aliphatic carbocycles. The summed E-state index contributed by atoms with van der Waals surface area (Å²) in [5, 5.41) is 3.01. The SMILES string of the molecule is CCOC(=O)C(NC(C)=O)[CH](c1ccc(OC)cc1)[Sn]([c]1ccccc1)([c]1ccccc1)[c]1ccccc1. The van der Waals surface area contributed by atoms with Gasteiger partial charge in [0, 0.05) is 0 Å². The van der Waals surface area contributed by atoms with Gasteiger partial charge in [-0.15, -0.1) is 0 Å². The van der Waals surface area contributed by atoms with Crippen LogP contribution in [0.2, 0.25) is 0 Å². The molecule has 2 atom stereocenters. The molecular formula is C32H33NO4Sn. The van der Waals surface area contributed by atoms with Gasteiger partial charge < -0.3 is 0 Å². The van der Waals surface area contributed by atoms with E-state index in [0.29, 0.717) is 0 Å². The number of amides is 1. The average Bonchev–Trinajstić information content (AvgIpc) is 2.96. The van der Waals surface area contributed by atoms with Crippen LogP contribution >= 0.6 is 0 Å². The Hall–Kier alpha value is -3.58. The Balaban J connectivity index is 2.16. The molecule has 4 rings (SSSR count). The van der Waals surface area contributed by atoms with E-state index in [1.165, 1.54) is 17.7 Å². The minimum atomic E-state index is -4.24. The van der Waals surface area contributed by atoms with Gasteiger partial charge in [0.1, 0.15) is 0 Å². The normalized spacial score (nSPS) is 12.7. The average molecular weight is 614 g/mol. The summed E-state index contributed by atoms with van der Waals surface area (Å²) in [4.78, 5) is 26.3. The second-order valence-corrected chi connectivity index (χ2v) is 20.4. The molecule has 1 amide bonds. The third kappa shape index (κ3) is 5.63. The summed E-state index contributed by atoms with van der Waals surface area (Å²) in [6, 6.07) is 38.3. The fourth-order valence-electron chi connectivity index (χ4n) is 5.37. The fourth-order valence-corrected chi connectivity index (χ4v) is 21.5. The Morgan fingerprint density at radius 3 is 1.55 bits per heavy atom. The van der Waals surface area contributed by atoms with Gasteiger partial charge in [-0.1, -0.05) is 0 Å². The van der Waals surface area contributed by atoms with Crippen LogP contribution in [0.5, 0.6) is 5.75 Å². The van der Waals surface area contributed by atoms with Crippen LogP contribution < -0.4 is 20.8 Å². The van der Waals surface area contributed by atoms with Crippen LogP contribution in [-0.2, 0) is 14.3 Å². The molecule has 0 aromatic heterocycles. The number of hydrogen-bond acceptors (Lipinski definition) is 4. The van der Waals surface area contributed by atoms with Crippen LogP contribution in [0.3, 0.4) is 0 Å². The molecule has 0 heterocycles. The molecule has 6 heteroatoms. The molecule has 0 spiro atoms. The monoisotopic (exact) mass is 615 g/mol. The van der Waals surface area contributed by atoms with Gasteiger partial charge in [-0.2, -0.15) is 0 Å². The van der Waals surface area contributed by atoms with Crippen LogP contribution in [0.25, 0.3) is 0 Å². The van der Waals surface area contributed by atoms with Gasteiger partial charge in [0.25, 0.3) is 0 Å². The van der Waals surface area contributed by atoms with Gasteiger partial charge >= 0.3 is 229 Å². The van der Waals surface area contributed by atoms with E-state index in [1.807, 2.05) is 42.5 Å². The Morgan fingerprint density at radius 1 is 0.737 bits per heavy atom. The fraction of sp³-hybridized carbons (Fsp3) is 0.188. The zero-order valence-electron chi connectivity index (χ0n) is 22.0. The first-order valence-electron chi connectivity index (χ1n) is 12.8. The van der Waals surface area contributed by atoms with Crippen molar-refractivity contribution in [3.05, 3.63) is 121 Å². The van der Waals surface area contributed by atoms with E-state index >= 15 is 0 Å². The van der Waals surface area contributed by atoms with E-state index in [-0.39, 0.29) is 16.4 Å². The maximum absolute atomic E-state index is 13.7. The summed E-state index contributed by atoms with van der Waals surface area (Å²) < 4.78 is 14.3. The second kappa shape index (κ2) is 12.8. The van der Waals surface area contributed by atoms with Crippen LogP contribution in [-0.4, -0.2) is 50.0 Å². The van der Waals surface area contributed by atoms with Crippen LogP contribution in [0.1, 0.15) is 23.3 Å². The summed E-state index contributed by atoms with van der Waals surface area (Å²) in [6.45, 7) is 3.45. The Kier molecular flexibility index (Phi) is 9.23. The van der Waals surface area contributed by atoms with E-state index < -0.39 is 30.4 Å². The summed E-state index contributed by atoms with van der Waals surface area (Å²) in [5.41, 5.74) is 0.949. The molecule has 0 saturated heterocycles. The van der Waals surface area contributed by atoms with Gasteiger partial charge in [-0.3, -0.25) is 0 Å². The van der Waals surface area contributed by atoms with Crippen LogP contribution in [0.15, 0.2) is 115 Å². The van der Waals surface area contributed by atoms with Crippen molar-refractivity contribution in [1.82, 2.24) is 5.32 Å². The van der Waals surface area contributed by atoms with E-state index in [9.17, 15) is 9.59 Å². The van der Waals surface area contributed by atoms with Crippen molar-refractivity contribution in [2.45, 2.75) is 23.8 Å². The molecule has 0 bridgehead atoms. The molecule has 4 aromatic carbocycles. The molecule has 1 N–H and O–H groups in total. The first kappa shape index (κ1) is 27.5. The molecule has 0 fully saturated rings. The molecule has 0 saturated carbocycles. The van der Waals surface area contributed by atoms with Crippen LogP contribution in [0.4, 0.5) is 0 Å². The number of ether oxygens (including phenoxy) is 2. The maximum atomic E-state index is 13.7. The Labute approximate surface area is 228 Å². The number of nitrogens with one attached hydrogen (secondary N) is 1. The zero-order chi connectivity index (χ0) is 27.0. The van der Waals surface area contributed by atoms with Gasteiger partial charge in [-0.05, 0) is 0 Å². The summed E-state index contributed by atoms with van der Waals surface area (Å²) >= 11 is -4.24. The first-order chi connectivity index (χ1) is 18.5. The molecule has 194 valence electrons. The number of esters is 1. The van der Waals surface area contributed by atoms with E-state index in [2.05, 4.69) is 78.1 Å². The molecule has 0 radical (unpaired) electrons. The summed E-state index contributed by atoms with van der Waals surface area (Å²) in [7, 11) is 1.63. The first-order valence-corrected chi connectivity index (χ1v) is 18.7. The topological polar surface area (TPSA) is 64.6 Å². The van der Waals surface area contributed by atoms with Gasteiger partial charge in [-0.25, -0.2) is 0 Å². The minimum absolute atomic E-state index is 0.217. The third-order valence-electron chi connectivity index (χ3n) is 6.86. The van der Waals surface area contributed by atoms with Crippen molar-refractivity contribution >= 4 is 41.0 Å². The number of methoxy groups -OCH3 is 1. The second-order valence-electron chi connectivity index (χ2n) is 9.09. The number of carbonyl (C=O) groups excluding carboxylic acids is 2. The summed E-state index contributed by atoms with van der Waals surface area (Å²) in [5.74, 6) is 0.00275. The third-order valence-corrected chi connectivity index (χ3v) is 22.1. The number of benzene rings is 4. The van der Waals surface area contributed by atoms with Gasteiger partial charge in [0.15, 0.2) is 0 Å². The van der Waals surface area contributed by atoms with Crippen molar-refractivity contribution in [2.24, 2.45) is 0 Å². The number of hydrogen-bond donors (Lipinski definition) is 1. The van der Waals surface area contributed by atoms with E-state index in [0.717, 1.165) is 11.3 Å². The van der Waals surface area contributed by atoms with Gasteiger partial charge in [0.05, 0.1) is 0 Å². The predicted molar refractivity (Wildman–Crippen MR) is 154 cm³/mol. The van der Waals surface area contributed by atoms with Crippen molar-refractivity contribution in [2.75, 3.05) is 13.7 Å². The molecular weight excluding hydrogens is 581 g/mol. The van der Waals surface area contributed by atoms with Crippen molar-refractivity contribution in [1.29, 1.82) is 0 Å². The molecule has 38 heavy (non-hydrogen) atoms. The van der Waals surface area contributed by atoms with Crippen LogP contribution in [0, 0.1) is 0 Å².